The molecule has 0 spiro atoms. The Bertz CT molecular complexity index is 1330. The maximum atomic E-state index is 13.0. The second-order valence-corrected chi connectivity index (χ2v) is 7.87. The summed E-state index contributed by atoms with van der Waals surface area (Å²) in [5, 5.41) is 9.38. The van der Waals surface area contributed by atoms with E-state index < -0.39 is 11.2 Å². The van der Waals surface area contributed by atoms with E-state index in [0.717, 1.165) is 9.44 Å². The fourth-order valence-corrected chi connectivity index (χ4v) is 3.94. The van der Waals surface area contributed by atoms with Crippen LogP contribution in [0.1, 0.15) is 10.4 Å². The van der Waals surface area contributed by atoms with Crippen molar-refractivity contribution in [3.63, 3.8) is 0 Å². The minimum atomic E-state index is -0.744. The van der Waals surface area contributed by atoms with Crippen LogP contribution in [0.3, 0.4) is 0 Å². The van der Waals surface area contributed by atoms with Gasteiger partial charge in [0.15, 0.2) is 10.3 Å². The molecule has 0 radical (unpaired) electrons. The topological polar surface area (TPSA) is 93.6 Å². The van der Waals surface area contributed by atoms with Crippen molar-refractivity contribution in [2.45, 2.75) is 6.54 Å². The van der Waals surface area contributed by atoms with Crippen molar-refractivity contribution in [1.82, 2.24) is 19.1 Å². The summed E-state index contributed by atoms with van der Waals surface area (Å²) in [6.45, 7) is 0.372. The Morgan fingerprint density at radius 2 is 2.04 bits per heavy atom. The van der Waals surface area contributed by atoms with E-state index in [1.54, 1.807) is 29.1 Å². The summed E-state index contributed by atoms with van der Waals surface area (Å²) in [5.41, 5.74) is -0.610. The third kappa shape index (κ3) is 3.20. The molecule has 2 aromatic rings. The molecule has 0 amide bonds. The van der Waals surface area contributed by atoms with Gasteiger partial charge in [0.05, 0.1) is 28.4 Å². The number of thiazole rings is 1. The molecule has 1 aromatic carbocycles. The number of hydrogen-bond acceptors (Lipinski definition) is 6. The number of rotatable bonds is 3. The van der Waals surface area contributed by atoms with E-state index in [0.29, 0.717) is 11.0 Å². The highest BCUT2D eigenvalue weighted by atomic mass is 35.5. The molecule has 0 fully saturated rings. The lowest BCUT2D eigenvalue weighted by atomic mass is 10.2. The van der Waals surface area contributed by atoms with Crippen LogP contribution >= 0.6 is 34.5 Å². The molecule has 10 heteroatoms. The molecule has 0 N–H and O–H groups in total. The summed E-state index contributed by atoms with van der Waals surface area (Å²) in [6, 6.07) is 9.57. The molecule has 0 saturated heterocycles. The summed E-state index contributed by atoms with van der Waals surface area (Å²) in [7, 11) is 0. The maximum Gasteiger partial charge on any atom is 0.357 e. The summed E-state index contributed by atoms with van der Waals surface area (Å²) in [6.07, 6.45) is 3.36. The Labute approximate surface area is 172 Å². The lowest BCUT2D eigenvalue weighted by molar-refractivity contribution is 0.759. The van der Waals surface area contributed by atoms with Gasteiger partial charge in [-0.1, -0.05) is 23.2 Å². The number of benzene rings is 1. The molecule has 0 aliphatic carbocycles. The van der Waals surface area contributed by atoms with Crippen LogP contribution in [-0.4, -0.2) is 19.1 Å². The number of aromatic nitrogens is 4. The number of nitriles is 1. The molecule has 1 aromatic heterocycles. The van der Waals surface area contributed by atoms with E-state index in [2.05, 4.69) is 9.97 Å². The maximum absolute atomic E-state index is 13.0. The van der Waals surface area contributed by atoms with Gasteiger partial charge in [0.25, 0.3) is 5.56 Å². The Morgan fingerprint density at radius 1 is 1.21 bits per heavy atom. The van der Waals surface area contributed by atoms with E-state index in [1.165, 1.54) is 29.5 Å². The van der Waals surface area contributed by atoms with Gasteiger partial charge in [0, 0.05) is 17.3 Å². The van der Waals surface area contributed by atoms with Crippen molar-refractivity contribution in [1.29, 1.82) is 5.26 Å². The van der Waals surface area contributed by atoms with Crippen LogP contribution in [0, 0.1) is 11.3 Å². The van der Waals surface area contributed by atoms with Gasteiger partial charge in [-0.25, -0.2) is 14.3 Å². The molecule has 3 heterocycles. The average Bonchev–Trinajstić information content (AvgIpc) is 3.08. The van der Waals surface area contributed by atoms with E-state index in [4.69, 9.17) is 28.5 Å². The average molecular weight is 430 g/mol. The van der Waals surface area contributed by atoms with Crippen LogP contribution in [0.25, 0.3) is 17.1 Å². The van der Waals surface area contributed by atoms with Crippen molar-refractivity contribution >= 4 is 34.5 Å². The highest BCUT2D eigenvalue weighted by Gasteiger charge is 2.19. The van der Waals surface area contributed by atoms with Crippen LogP contribution in [0.15, 0.2) is 52.3 Å². The lowest BCUT2D eigenvalue weighted by Crippen LogP contribution is -2.36. The van der Waals surface area contributed by atoms with E-state index >= 15 is 0 Å². The predicted octanol–water partition coefficient (Wildman–Crippen LogP) is 3.18. The Hall–Kier alpha value is -2.99. The molecule has 138 valence electrons. The number of hydrogen-bond donors (Lipinski definition) is 0. The highest BCUT2D eigenvalue weighted by molar-refractivity contribution is 7.15. The molecule has 4 rings (SSSR count). The van der Waals surface area contributed by atoms with E-state index in [1.807, 2.05) is 6.07 Å². The van der Waals surface area contributed by atoms with Gasteiger partial charge in [-0.15, -0.1) is 11.3 Å². The molecular formula is C18H9Cl2N5O2S. The van der Waals surface area contributed by atoms with Crippen LogP contribution in [-0.2, 0) is 6.54 Å². The first-order valence-electron chi connectivity index (χ1n) is 7.90. The van der Waals surface area contributed by atoms with E-state index in [-0.39, 0.29) is 27.7 Å². The predicted molar refractivity (Wildman–Crippen MR) is 107 cm³/mol. The van der Waals surface area contributed by atoms with Crippen molar-refractivity contribution in [3.05, 3.63) is 83.5 Å². The molecule has 0 saturated carbocycles. The van der Waals surface area contributed by atoms with Crippen LogP contribution < -0.4 is 11.2 Å². The minimum Gasteiger partial charge on any atom is -0.327 e. The first-order chi connectivity index (χ1) is 13.5. The third-order valence-corrected chi connectivity index (χ3v) is 5.48. The summed E-state index contributed by atoms with van der Waals surface area (Å²) >= 11 is 13.1. The summed E-state index contributed by atoms with van der Waals surface area (Å²) in [4.78, 5) is 34.6. The third-order valence-electron chi connectivity index (χ3n) is 4.05. The van der Waals surface area contributed by atoms with Gasteiger partial charge in [0.2, 0.25) is 0 Å². The molecule has 0 atom stereocenters. The zero-order valence-electron chi connectivity index (χ0n) is 14.0. The molecular weight excluding hydrogens is 421 g/mol. The summed E-state index contributed by atoms with van der Waals surface area (Å²) in [5.74, 6) is 0.257. The van der Waals surface area contributed by atoms with Crippen molar-refractivity contribution < 1.29 is 0 Å². The first kappa shape index (κ1) is 18.4. The second-order valence-electron chi connectivity index (χ2n) is 5.76. The standard InChI is InChI=1S/C18H9Cl2N5O2S/c19-14-4-3-11(6-10(14)7-21)25-16(26)13-2-1-5-24(15(13)23-18(25)27)9-12-8-22-17(20)28-12/h1-6,8H,9H2. The Balaban J connectivity index is 1.90. The fourth-order valence-electron chi connectivity index (χ4n) is 2.80. The van der Waals surface area contributed by atoms with Gasteiger partial charge < -0.3 is 4.57 Å². The summed E-state index contributed by atoms with van der Waals surface area (Å²) < 4.78 is 3.02. The lowest BCUT2D eigenvalue weighted by Gasteiger charge is -2.14. The van der Waals surface area contributed by atoms with Gasteiger partial charge in [-0.3, -0.25) is 4.79 Å². The van der Waals surface area contributed by atoms with Crippen molar-refractivity contribution in [3.8, 4) is 23.1 Å². The SMILES string of the molecule is N#Cc1cc(-n2c(=O)nc3n(Cc4cnc(Cl)s4)cccc-3c2=O)ccc1Cl. The van der Waals surface area contributed by atoms with Crippen LogP contribution in [0.5, 0.6) is 0 Å². The van der Waals surface area contributed by atoms with Crippen molar-refractivity contribution in [2.75, 3.05) is 0 Å². The van der Waals surface area contributed by atoms with Crippen molar-refractivity contribution in [2.24, 2.45) is 0 Å². The fraction of sp³-hybridized carbons (Fsp3) is 0.0556. The number of pyridine rings is 1. The highest BCUT2D eigenvalue weighted by Crippen LogP contribution is 2.22. The zero-order valence-corrected chi connectivity index (χ0v) is 16.3. The Morgan fingerprint density at radius 3 is 2.75 bits per heavy atom. The molecule has 28 heavy (non-hydrogen) atoms. The molecule has 0 bridgehead atoms. The quantitative estimate of drug-likeness (QED) is 0.498. The molecule has 7 nitrogen and oxygen atoms in total. The van der Waals surface area contributed by atoms with Gasteiger partial charge in [-0.2, -0.15) is 10.2 Å². The zero-order chi connectivity index (χ0) is 19.8. The number of fused-ring (bicyclic) bond motifs is 1. The van der Waals surface area contributed by atoms with E-state index in [9.17, 15) is 9.59 Å². The normalized spacial score (nSPS) is 10.9. The first-order valence-corrected chi connectivity index (χ1v) is 9.47. The van der Waals surface area contributed by atoms with Crippen LogP contribution in [0.4, 0.5) is 0 Å². The van der Waals surface area contributed by atoms with Crippen LogP contribution in [0.2, 0.25) is 9.49 Å². The Kier molecular flexibility index (Phi) is 4.73. The van der Waals surface area contributed by atoms with Gasteiger partial charge in [-0.05, 0) is 30.3 Å². The second kappa shape index (κ2) is 7.20. The number of halogens is 2. The molecule has 0 unspecified atom stereocenters. The van der Waals surface area contributed by atoms with Gasteiger partial charge in [0.1, 0.15) is 6.07 Å². The molecule has 2 aliphatic heterocycles. The monoisotopic (exact) mass is 429 g/mol. The smallest absolute Gasteiger partial charge is 0.327 e. The minimum absolute atomic E-state index is 0.163. The number of nitrogens with zero attached hydrogens (tertiary/aromatic N) is 5. The molecule has 2 aliphatic rings. The van der Waals surface area contributed by atoms with Gasteiger partial charge >= 0.3 is 5.69 Å². The largest absolute Gasteiger partial charge is 0.357 e.